The van der Waals surface area contributed by atoms with E-state index in [4.69, 9.17) is 5.73 Å². The zero-order chi connectivity index (χ0) is 16.2. The van der Waals surface area contributed by atoms with Gasteiger partial charge in [0.25, 0.3) is 5.91 Å². The summed E-state index contributed by atoms with van der Waals surface area (Å²) in [5.41, 5.74) is 5.83. The number of alkyl halides is 3. The van der Waals surface area contributed by atoms with Gasteiger partial charge in [0.2, 0.25) is 0 Å². The number of nitrogen functional groups attached to an aromatic ring is 1. The molecule has 2 aromatic rings. The first-order valence-corrected chi connectivity index (χ1v) is 6.02. The Morgan fingerprint density at radius 3 is 2.41 bits per heavy atom. The summed E-state index contributed by atoms with van der Waals surface area (Å²) in [5.74, 6) is -0.561. The molecule has 1 aromatic carbocycles. The summed E-state index contributed by atoms with van der Waals surface area (Å²) in [6, 6.07) is 5.41. The predicted molar refractivity (Wildman–Crippen MR) is 72.4 cm³/mol. The largest absolute Gasteiger partial charge is 0.484 e. The smallest absolute Gasteiger partial charge is 0.422 e. The van der Waals surface area contributed by atoms with Gasteiger partial charge in [-0.05, 0) is 24.3 Å². The van der Waals surface area contributed by atoms with Crippen molar-refractivity contribution in [3.05, 3.63) is 42.4 Å². The van der Waals surface area contributed by atoms with Crippen LogP contribution in [0.3, 0.4) is 0 Å². The second-order valence-electron chi connectivity index (χ2n) is 4.17. The third-order valence-electron chi connectivity index (χ3n) is 2.46. The zero-order valence-corrected chi connectivity index (χ0v) is 11.1. The molecule has 1 amide bonds. The minimum atomic E-state index is -4.41. The first kappa shape index (κ1) is 15.5. The lowest BCUT2D eigenvalue weighted by molar-refractivity contribution is -0.153. The van der Waals surface area contributed by atoms with Gasteiger partial charge in [0.15, 0.2) is 18.1 Å². The van der Waals surface area contributed by atoms with Gasteiger partial charge in [-0.1, -0.05) is 0 Å². The summed E-state index contributed by atoms with van der Waals surface area (Å²) in [5, 5.41) is 2.50. The molecule has 0 aliphatic carbocycles. The van der Waals surface area contributed by atoms with Crippen molar-refractivity contribution in [2.45, 2.75) is 6.18 Å². The van der Waals surface area contributed by atoms with E-state index in [0.29, 0.717) is 5.69 Å². The van der Waals surface area contributed by atoms with Crippen molar-refractivity contribution in [1.29, 1.82) is 0 Å². The van der Waals surface area contributed by atoms with Crippen LogP contribution >= 0.6 is 0 Å². The molecule has 0 unspecified atom stereocenters. The number of halogens is 3. The predicted octanol–water partition coefficient (Wildman–Crippen LogP) is 2.25. The Morgan fingerprint density at radius 1 is 1.18 bits per heavy atom. The van der Waals surface area contributed by atoms with Crippen molar-refractivity contribution in [3.8, 4) is 5.75 Å². The molecule has 9 heteroatoms. The first-order chi connectivity index (χ1) is 10.3. The summed E-state index contributed by atoms with van der Waals surface area (Å²) in [6.45, 7) is -1.38. The molecule has 0 spiro atoms. The molecule has 1 heterocycles. The van der Waals surface area contributed by atoms with E-state index in [1.807, 2.05) is 0 Å². The van der Waals surface area contributed by atoms with Crippen molar-refractivity contribution in [2.75, 3.05) is 17.7 Å². The van der Waals surface area contributed by atoms with Crippen molar-refractivity contribution in [3.63, 3.8) is 0 Å². The molecule has 2 rings (SSSR count). The van der Waals surface area contributed by atoms with Crippen LogP contribution < -0.4 is 15.8 Å². The number of anilines is 2. The fraction of sp³-hybridized carbons (Fsp3) is 0.154. The monoisotopic (exact) mass is 312 g/mol. The van der Waals surface area contributed by atoms with Crippen molar-refractivity contribution in [2.24, 2.45) is 0 Å². The van der Waals surface area contributed by atoms with Gasteiger partial charge in [0.05, 0.1) is 0 Å². The third-order valence-corrected chi connectivity index (χ3v) is 2.46. The van der Waals surface area contributed by atoms with Crippen LogP contribution in [-0.2, 0) is 0 Å². The second kappa shape index (κ2) is 6.29. The topological polar surface area (TPSA) is 90.1 Å². The Labute approximate surface area is 123 Å². The van der Waals surface area contributed by atoms with Crippen LogP contribution in [0, 0.1) is 0 Å². The van der Waals surface area contributed by atoms with Crippen LogP contribution in [0.25, 0.3) is 0 Å². The van der Waals surface area contributed by atoms with Crippen LogP contribution in [0.2, 0.25) is 0 Å². The van der Waals surface area contributed by atoms with Gasteiger partial charge in [0.1, 0.15) is 5.75 Å². The lowest BCUT2D eigenvalue weighted by Gasteiger charge is -2.10. The lowest BCUT2D eigenvalue weighted by atomic mass is 10.3. The molecule has 0 saturated carbocycles. The fourth-order valence-corrected chi connectivity index (χ4v) is 1.51. The van der Waals surface area contributed by atoms with Crippen LogP contribution in [0.5, 0.6) is 5.75 Å². The maximum Gasteiger partial charge on any atom is 0.422 e. The molecule has 116 valence electrons. The molecular weight excluding hydrogens is 301 g/mol. The average molecular weight is 312 g/mol. The number of amides is 1. The van der Waals surface area contributed by atoms with Crippen molar-refractivity contribution in [1.82, 2.24) is 9.97 Å². The maximum absolute atomic E-state index is 12.0. The number of nitrogens with zero attached hydrogens (tertiary/aromatic N) is 2. The van der Waals surface area contributed by atoms with Crippen molar-refractivity contribution >= 4 is 17.4 Å². The molecule has 3 N–H and O–H groups in total. The molecule has 0 atom stereocenters. The van der Waals surface area contributed by atoms with Crippen LogP contribution in [-0.4, -0.2) is 28.7 Å². The summed E-state index contributed by atoms with van der Waals surface area (Å²) in [7, 11) is 0. The molecule has 0 fully saturated rings. The lowest BCUT2D eigenvalue weighted by Crippen LogP contribution is -2.19. The molecule has 1 aromatic heterocycles. The molecule has 0 radical (unpaired) electrons. The molecule has 0 aliphatic heterocycles. The van der Waals surface area contributed by atoms with Crippen LogP contribution in [0.15, 0.2) is 36.7 Å². The highest BCUT2D eigenvalue weighted by atomic mass is 19.4. The number of nitrogens with two attached hydrogens (primary N) is 1. The Balaban J connectivity index is 1.99. The number of aromatic nitrogens is 2. The Kier molecular flexibility index (Phi) is 4.44. The van der Waals surface area contributed by atoms with E-state index >= 15 is 0 Å². The quantitative estimate of drug-likeness (QED) is 0.903. The van der Waals surface area contributed by atoms with Crippen LogP contribution in [0.4, 0.5) is 24.7 Å². The number of hydrogen-bond acceptors (Lipinski definition) is 5. The van der Waals surface area contributed by atoms with Gasteiger partial charge in [-0.2, -0.15) is 13.2 Å². The summed E-state index contributed by atoms with van der Waals surface area (Å²) < 4.78 is 40.6. The fourth-order valence-electron chi connectivity index (χ4n) is 1.51. The second-order valence-corrected chi connectivity index (χ2v) is 4.17. The number of nitrogens with one attached hydrogen (secondary N) is 1. The van der Waals surface area contributed by atoms with E-state index in [9.17, 15) is 18.0 Å². The Morgan fingerprint density at radius 2 is 1.82 bits per heavy atom. The minimum absolute atomic E-state index is 0.0230. The molecule has 22 heavy (non-hydrogen) atoms. The SMILES string of the molecule is Nc1nccnc1C(=O)Nc1ccc(OCC(F)(F)F)cc1. The first-order valence-electron chi connectivity index (χ1n) is 6.02. The van der Waals surface area contributed by atoms with E-state index in [0.717, 1.165) is 0 Å². The number of rotatable bonds is 4. The minimum Gasteiger partial charge on any atom is -0.484 e. The van der Waals surface area contributed by atoms with E-state index < -0.39 is 18.7 Å². The normalized spacial score (nSPS) is 11.0. The van der Waals surface area contributed by atoms with Crippen molar-refractivity contribution < 1.29 is 22.7 Å². The summed E-state index contributed by atoms with van der Waals surface area (Å²) in [6.07, 6.45) is -1.74. The van der Waals surface area contributed by atoms with Gasteiger partial charge in [-0.15, -0.1) is 0 Å². The molecule has 0 aliphatic rings. The summed E-state index contributed by atoms with van der Waals surface area (Å²) >= 11 is 0. The van der Waals surface area contributed by atoms with Gasteiger partial charge >= 0.3 is 6.18 Å². The zero-order valence-electron chi connectivity index (χ0n) is 11.1. The molecule has 0 saturated heterocycles. The summed E-state index contributed by atoms with van der Waals surface area (Å²) in [4.78, 5) is 19.4. The number of ether oxygens (including phenoxy) is 1. The maximum atomic E-state index is 12.0. The van der Waals surface area contributed by atoms with Gasteiger partial charge in [-0.3, -0.25) is 4.79 Å². The number of carbonyl (C=O) groups excluding carboxylic acids is 1. The molecule has 6 nitrogen and oxygen atoms in total. The molecule has 0 bridgehead atoms. The van der Waals surface area contributed by atoms with E-state index in [2.05, 4.69) is 20.0 Å². The average Bonchev–Trinajstić information content (AvgIpc) is 2.46. The third kappa shape index (κ3) is 4.33. The number of benzene rings is 1. The van der Waals surface area contributed by atoms with Gasteiger partial charge in [-0.25, -0.2) is 9.97 Å². The number of hydrogen-bond donors (Lipinski definition) is 2. The van der Waals surface area contributed by atoms with E-state index in [-0.39, 0.29) is 17.3 Å². The van der Waals surface area contributed by atoms with Gasteiger partial charge < -0.3 is 15.8 Å². The van der Waals surface area contributed by atoms with E-state index in [1.165, 1.54) is 36.7 Å². The van der Waals surface area contributed by atoms with Gasteiger partial charge in [0, 0.05) is 18.1 Å². The molecular formula is C13H11F3N4O2. The number of carbonyl (C=O) groups is 1. The standard InChI is InChI=1S/C13H11F3N4O2/c14-13(15,16)7-22-9-3-1-8(2-4-9)20-12(21)10-11(17)19-6-5-18-10/h1-6H,7H2,(H2,17,19)(H,20,21). The Bertz CT molecular complexity index is 659. The Hall–Kier alpha value is -2.84. The highest BCUT2D eigenvalue weighted by Gasteiger charge is 2.28. The van der Waals surface area contributed by atoms with Crippen LogP contribution in [0.1, 0.15) is 10.5 Å². The highest BCUT2D eigenvalue weighted by Crippen LogP contribution is 2.20. The van der Waals surface area contributed by atoms with E-state index in [1.54, 1.807) is 0 Å². The highest BCUT2D eigenvalue weighted by molar-refractivity contribution is 6.05.